The molecule has 0 saturated heterocycles. The zero-order valence-corrected chi connectivity index (χ0v) is 8.95. The third-order valence-corrected chi connectivity index (χ3v) is 2.46. The summed E-state index contributed by atoms with van der Waals surface area (Å²) in [5.74, 6) is -0.370. The van der Waals surface area contributed by atoms with Gasteiger partial charge in [0, 0.05) is 8.95 Å². The lowest BCUT2D eigenvalue weighted by Crippen LogP contribution is -1.96. The lowest BCUT2D eigenvalue weighted by Gasteiger charge is -2.04. The predicted molar refractivity (Wildman–Crippen MR) is 51.5 cm³/mol. The summed E-state index contributed by atoms with van der Waals surface area (Å²) in [7, 11) is 0. The van der Waals surface area contributed by atoms with Gasteiger partial charge in [0.05, 0.1) is 5.69 Å². The maximum absolute atomic E-state index is 12.7. The molecular formula is C7H4Br2FNO. The number of carbonyl (C=O) groups excluding carboxylic acids is 1. The van der Waals surface area contributed by atoms with Crippen LogP contribution in [0.4, 0.5) is 10.1 Å². The Morgan fingerprint density at radius 3 is 2.25 bits per heavy atom. The molecule has 0 bridgehead atoms. The third-order valence-electron chi connectivity index (χ3n) is 1.21. The normalized spacial score (nSPS) is 9.58. The second-order valence-electron chi connectivity index (χ2n) is 2.01. The van der Waals surface area contributed by atoms with Gasteiger partial charge in [-0.25, -0.2) is 4.39 Å². The second kappa shape index (κ2) is 4.00. The van der Waals surface area contributed by atoms with Gasteiger partial charge in [-0.15, -0.1) is 0 Å². The highest BCUT2D eigenvalue weighted by Gasteiger charge is 2.05. The Kier molecular flexibility index (Phi) is 3.22. The van der Waals surface area contributed by atoms with Crippen LogP contribution in [0.3, 0.4) is 0 Å². The van der Waals surface area contributed by atoms with Crippen LogP contribution >= 0.6 is 31.9 Å². The second-order valence-corrected chi connectivity index (χ2v) is 3.72. The molecule has 1 aromatic rings. The number of halogens is 3. The summed E-state index contributed by atoms with van der Waals surface area (Å²) in [6, 6.07) is 2.55. The van der Waals surface area contributed by atoms with E-state index >= 15 is 0 Å². The molecule has 0 spiro atoms. The van der Waals surface area contributed by atoms with Crippen molar-refractivity contribution >= 4 is 44.0 Å². The Bertz CT molecular complexity index is 293. The van der Waals surface area contributed by atoms with Crippen molar-refractivity contribution in [1.82, 2.24) is 0 Å². The average molecular weight is 297 g/mol. The quantitative estimate of drug-likeness (QED) is 0.836. The SMILES string of the molecule is O=CNc1c(Br)cc(F)cc1Br. The van der Waals surface area contributed by atoms with E-state index in [9.17, 15) is 9.18 Å². The fraction of sp³-hybridized carbons (Fsp3) is 0. The van der Waals surface area contributed by atoms with Crippen LogP contribution in [0.15, 0.2) is 21.1 Å². The van der Waals surface area contributed by atoms with E-state index in [1.165, 1.54) is 12.1 Å². The minimum absolute atomic E-state index is 0.370. The predicted octanol–water partition coefficient (Wildman–Crippen LogP) is 2.92. The average Bonchev–Trinajstić information content (AvgIpc) is 1.96. The molecule has 0 aliphatic heterocycles. The molecule has 0 atom stereocenters. The molecule has 0 unspecified atom stereocenters. The first kappa shape index (κ1) is 9.67. The minimum atomic E-state index is -0.370. The van der Waals surface area contributed by atoms with Gasteiger partial charge in [-0.3, -0.25) is 4.79 Å². The smallest absolute Gasteiger partial charge is 0.211 e. The Morgan fingerprint density at radius 1 is 1.33 bits per heavy atom. The molecule has 0 heterocycles. The van der Waals surface area contributed by atoms with E-state index in [1.807, 2.05) is 0 Å². The van der Waals surface area contributed by atoms with Gasteiger partial charge in [-0.1, -0.05) is 0 Å². The number of benzene rings is 1. The number of hydrogen-bond donors (Lipinski definition) is 1. The van der Waals surface area contributed by atoms with Crippen LogP contribution in [0.2, 0.25) is 0 Å². The maximum atomic E-state index is 12.7. The molecule has 0 saturated carbocycles. The van der Waals surface area contributed by atoms with Crippen LogP contribution in [0.5, 0.6) is 0 Å². The van der Waals surface area contributed by atoms with E-state index in [0.29, 0.717) is 21.0 Å². The van der Waals surface area contributed by atoms with Crippen LogP contribution in [0, 0.1) is 5.82 Å². The van der Waals surface area contributed by atoms with Crippen LogP contribution in [0.1, 0.15) is 0 Å². The van der Waals surface area contributed by atoms with Crippen LogP contribution in [-0.4, -0.2) is 6.41 Å². The van der Waals surface area contributed by atoms with Crippen molar-refractivity contribution < 1.29 is 9.18 Å². The van der Waals surface area contributed by atoms with Gasteiger partial charge >= 0.3 is 0 Å². The van der Waals surface area contributed by atoms with Crippen molar-refractivity contribution in [2.75, 3.05) is 5.32 Å². The fourth-order valence-corrected chi connectivity index (χ4v) is 2.10. The zero-order chi connectivity index (χ0) is 9.14. The van der Waals surface area contributed by atoms with Crippen molar-refractivity contribution in [1.29, 1.82) is 0 Å². The summed E-state index contributed by atoms with van der Waals surface area (Å²) in [4.78, 5) is 10.1. The monoisotopic (exact) mass is 295 g/mol. The van der Waals surface area contributed by atoms with E-state index in [-0.39, 0.29) is 5.82 Å². The standard InChI is InChI=1S/C7H4Br2FNO/c8-5-1-4(10)2-6(9)7(5)11-3-12/h1-3H,(H,11,12). The van der Waals surface area contributed by atoms with Gasteiger partial charge in [-0.05, 0) is 44.0 Å². The van der Waals surface area contributed by atoms with Gasteiger partial charge in [-0.2, -0.15) is 0 Å². The molecule has 0 aliphatic rings. The Balaban J connectivity index is 3.18. The molecule has 2 nitrogen and oxygen atoms in total. The number of anilines is 1. The van der Waals surface area contributed by atoms with Gasteiger partial charge < -0.3 is 5.32 Å². The molecule has 0 radical (unpaired) electrons. The van der Waals surface area contributed by atoms with E-state index in [4.69, 9.17) is 0 Å². The molecule has 12 heavy (non-hydrogen) atoms. The van der Waals surface area contributed by atoms with Gasteiger partial charge in [0.1, 0.15) is 5.82 Å². The topological polar surface area (TPSA) is 29.1 Å². The van der Waals surface area contributed by atoms with Gasteiger partial charge in [0.15, 0.2) is 0 Å². The van der Waals surface area contributed by atoms with E-state index < -0.39 is 0 Å². The summed E-state index contributed by atoms with van der Waals surface area (Å²) in [5.41, 5.74) is 0.520. The molecule has 1 aromatic carbocycles. The largest absolute Gasteiger partial charge is 0.327 e. The number of rotatable bonds is 2. The lowest BCUT2D eigenvalue weighted by atomic mass is 10.3. The highest BCUT2D eigenvalue weighted by atomic mass is 79.9. The van der Waals surface area contributed by atoms with Crippen molar-refractivity contribution in [2.45, 2.75) is 0 Å². The number of nitrogens with one attached hydrogen (secondary N) is 1. The minimum Gasteiger partial charge on any atom is -0.327 e. The molecule has 0 aliphatic carbocycles. The molecule has 64 valence electrons. The maximum Gasteiger partial charge on any atom is 0.211 e. The summed E-state index contributed by atoms with van der Waals surface area (Å²) >= 11 is 6.22. The van der Waals surface area contributed by atoms with Crippen molar-refractivity contribution in [3.63, 3.8) is 0 Å². The van der Waals surface area contributed by atoms with Gasteiger partial charge in [0.25, 0.3) is 0 Å². The molecule has 0 aromatic heterocycles. The van der Waals surface area contributed by atoms with Crippen molar-refractivity contribution in [3.05, 3.63) is 26.9 Å². The van der Waals surface area contributed by atoms with E-state index in [0.717, 1.165) is 0 Å². The van der Waals surface area contributed by atoms with Gasteiger partial charge in [0.2, 0.25) is 6.41 Å². The number of hydrogen-bond acceptors (Lipinski definition) is 1. The number of amides is 1. The van der Waals surface area contributed by atoms with Crippen molar-refractivity contribution in [2.24, 2.45) is 0 Å². The first-order valence-electron chi connectivity index (χ1n) is 3.00. The Hall–Kier alpha value is -0.420. The molecular weight excluding hydrogens is 293 g/mol. The summed E-state index contributed by atoms with van der Waals surface area (Å²) in [5, 5.41) is 2.43. The summed E-state index contributed by atoms with van der Waals surface area (Å²) < 4.78 is 13.7. The lowest BCUT2D eigenvalue weighted by molar-refractivity contribution is -0.105. The third kappa shape index (κ3) is 2.04. The highest BCUT2D eigenvalue weighted by Crippen LogP contribution is 2.31. The first-order valence-corrected chi connectivity index (χ1v) is 4.58. The van der Waals surface area contributed by atoms with Crippen LogP contribution in [0.25, 0.3) is 0 Å². The van der Waals surface area contributed by atoms with Crippen molar-refractivity contribution in [3.8, 4) is 0 Å². The zero-order valence-electron chi connectivity index (χ0n) is 5.77. The first-order chi connectivity index (χ1) is 5.65. The molecule has 1 N–H and O–H groups in total. The Labute approximate surface area is 85.4 Å². The van der Waals surface area contributed by atoms with E-state index in [1.54, 1.807) is 0 Å². The van der Waals surface area contributed by atoms with Crippen LogP contribution < -0.4 is 5.32 Å². The fourth-order valence-electron chi connectivity index (χ4n) is 0.739. The Morgan fingerprint density at radius 2 is 1.83 bits per heavy atom. The molecule has 1 amide bonds. The summed E-state index contributed by atoms with van der Waals surface area (Å²) in [6.45, 7) is 0. The molecule has 1 rings (SSSR count). The molecule has 5 heteroatoms. The van der Waals surface area contributed by atoms with E-state index in [2.05, 4.69) is 37.2 Å². The molecule has 0 fully saturated rings. The highest BCUT2D eigenvalue weighted by molar-refractivity contribution is 9.11. The van der Waals surface area contributed by atoms with Crippen LogP contribution in [-0.2, 0) is 4.79 Å². The number of carbonyl (C=O) groups is 1. The summed E-state index contributed by atoms with van der Waals surface area (Å²) in [6.07, 6.45) is 0.531.